The molecule has 0 fully saturated rings. The van der Waals surface area contributed by atoms with Crippen molar-refractivity contribution in [1.29, 1.82) is 0 Å². The molecule has 2 aromatic heterocycles. The van der Waals surface area contributed by atoms with E-state index in [1.807, 2.05) is 48.5 Å². The number of hydrogen-bond donors (Lipinski definition) is 1. The fourth-order valence-corrected chi connectivity index (χ4v) is 5.07. The van der Waals surface area contributed by atoms with Crippen LogP contribution in [0.5, 0.6) is 17.2 Å². The molecular weight excluding hydrogens is 678 g/mol. The minimum absolute atomic E-state index is 0.123. The molecule has 220 valence electrons. The van der Waals surface area contributed by atoms with E-state index in [0.717, 1.165) is 20.2 Å². The summed E-state index contributed by atoms with van der Waals surface area (Å²) in [6.07, 6.45) is 1.51. The van der Waals surface area contributed by atoms with Crippen LogP contribution in [0.1, 0.15) is 38.8 Å². The van der Waals surface area contributed by atoms with E-state index in [1.165, 1.54) is 17.6 Å². The van der Waals surface area contributed by atoms with Gasteiger partial charge >= 0.3 is 5.91 Å². The van der Waals surface area contributed by atoms with Crippen molar-refractivity contribution in [3.05, 3.63) is 128 Å². The predicted molar refractivity (Wildman–Crippen MR) is 173 cm³/mol. The van der Waals surface area contributed by atoms with Gasteiger partial charge in [0.05, 0.1) is 13.3 Å². The van der Waals surface area contributed by atoms with E-state index < -0.39 is 5.91 Å². The minimum Gasteiger partial charge on any atom is -0.493 e. The molecule has 0 aliphatic rings. The molecule has 0 radical (unpaired) electrons. The van der Waals surface area contributed by atoms with Gasteiger partial charge in [-0.1, -0.05) is 28.1 Å². The second kappa shape index (κ2) is 13.8. The molecule has 0 aliphatic heterocycles. The third-order valence-electron chi connectivity index (χ3n) is 6.59. The number of amides is 1. The Hall–Kier alpha value is -4.28. The number of rotatable bonds is 11. The van der Waals surface area contributed by atoms with Crippen LogP contribution in [0.4, 0.5) is 0 Å². The van der Waals surface area contributed by atoms with Crippen molar-refractivity contribution in [3.8, 4) is 22.9 Å². The van der Waals surface area contributed by atoms with E-state index in [-0.39, 0.29) is 12.4 Å². The van der Waals surface area contributed by atoms with E-state index in [2.05, 4.69) is 72.9 Å². The third-order valence-corrected chi connectivity index (χ3v) is 7.81. The van der Waals surface area contributed by atoms with Crippen LogP contribution in [0, 0.1) is 13.8 Å². The molecule has 5 rings (SSSR count). The molecule has 43 heavy (non-hydrogen) atoms. The summed E-state index contributed by atoms with van der Waals surface area (Å²) in [5.74, 6) is 1.96. The first kappa shape index (κ1) is 30.2. The predicted octanol–water partition coefficient (Wildman–Crippen LogP) is 8.14. The molecule has 3 aromatic carbocycles. The van der Waals surface area contributed by atoms with E-state index in [1.54, 1.807) is 31.4 Å². The molecule has 0 bridgehead atoms. The van der Waals surface area contributed by atoms with Crippen LogP contribution in [0.3, 0.4) is 0 Å². The number of methoxy groups -OCH3 is 1. The van der Waals surface area contributed by atoms with E-state index in [4.69, 9.17) is 18.6 Å². The van der Waals surface area contributed by atoms with Crippen molar-refractivity contribution in [2.45, 2.75) is 27.1 Å². The van der Waals surface area contributed by atoms with Crippen LogP contribution >= 0.6 is 31.9 Å². The molecular formula is C33H29Br2N3O5. The van der Waals surface area contributed by atoms with Gasteiger partial charge in [-0.05, 0) is 108 Å². The molecule has 2 heterocycles. The topological polar surface area (TPSA) is 87.2 Å². The number of carbonyl (C=O) groups excluding carboxylic acids is 1. The van der Waals surface area contributed by atoms with Gasteiger partial charge in [0.1, 0.15) is 24.7 Å². The zero-order chi connectivity index (χ0) is 30.3. The Morgan fingerprint density at radius 3 is 2.30 bits per heavy atom. The van der Waals surface area contributed by atoms with Crippen LogP contribution in [-0.2, 0) is 13.2 Å². The Kier molecular flexibility index (Phi) is 9.68. The Bertz CT molecular complexity index is 1720. The lowest BCUT2D eigenvalue weighted by Gasteiger charge is -2.13. The lowest BCUT2D eigenvalue weighted by atomic mass is 10.2. The quantitative estimate of drug-likeness (QED) is 0.111. The minimum atomic E-state index is -0.484. The van der Waals surface area contributed by atoms with Gasteiger partial charge in [0.15, 0.2) is 17.3 Å². The number of ether oxygens (including phenoxy) is 3. The van der Waals surface area contributed by atoms with Crippen LogP contribution in [0.15, 0.2) is 103 Å². The molecule has 8 nitrogen and oxygen atoms in total. The lowest BCUT2D eigenvalue weighted by molar-refractivity contribution is 0.0923. The van der Waals surface area contributed by atoms with E-state index >= 15 is 0 Å². The first-order chi connectivity index (χ1) is 20.8. The molecule has 0 unspecified atom stereocenters. The van der Waals surface area contributed by atoms with Crippen molar-refractivity contribution in [2.24, 2.45) is 5.10 Å². The number of furan rings is 1. The normalized spacial score (nSPS) is 11.1. The number of halogens is 2. The zero-order valence-corrected chi connectivity index (χ0v) is 26.9. The summed E-state index contributed by atoms with van der Waals surface area (Å²) in [4.78, 5) is 12.6. The molecule has 10 heteroatoms. The zero-order valence-electron chi connectivity index (χ0n) is 23.8. The summed E-state index contributed by atoms with van der Waals surface area (Å²) in [6.45, 7) is 4.71. The molecule has 0 atom stereocenters. The van der Waals surface area contributed by atoms with Crippen LogP contribution in [0.25, 0.3) is 5.69 Å². The van der Waals surface area contributed by atoms with Gasteiger partial charge in [-0.15, -0.1) is 0 Å². The smallest absolute Gasteiger partial charge is 0.307 e. The fraction of sp³-hybridized carbons (Fsp3) is 0.152. The number of aromatic nitrogens is 1. The van der Waals surface area contributed by atoms with Gasteiger partial charge < -0.3 is 23.2 Å². The number of nitrogens with zero attached hydrogens (tertiary/aromatic N) is 2. The summed E-state index contributed by atoms with van der Waals surface area (Å²) in [6, 6.07) is 26.8. The molecule has 0 spiro atoms. The number of carbonyl (C=O) groups is 1. The number of benzene rings is 3. The van der Waals surface area contributed by atoms with Crippen LogP contribution < -0.4 is 19.6 Å². The SMILES string of the molecule is COc1cc(/C=N/NC(=O)c2ccc(COc3ccc(-n4c(C)ccc4C)cc3)o2)c(Br)cc1OCc1ccc(Br)cc1. The number of hydrogen-bond acceptors (Lipinski definition) is 6. The first-order valence-electron chi connectivity index (χ1n) is 13.4. The molecule has 1 N–H and O–H groups in total. The van der Waals surface area contributed by atoms with Gasteiger partial charge in [-0.2, -0.15) is 5.10 Å². The Morgan fingerprint density at radius 1 is 0.884 bits per heavy atom. The first-order valence-corrected chi connectivity index (χ1v) is 14.9. The Balaban J connectivity index is 1.14. The monoisotopic (exact) mass is 705 g/mol. The van der Waals surface area contributed by atoms with Gasteiger partial charge in [-0.25, -0.2) is 5.43 Å². The maximum absolute atomic E-state index is 12.6. The average Bonchev–Trinajstić information content (AvgIpc) is 3.63. The highest BCUT2D eigenvalue weighted by Gasteiger charge is 2.13. The highest BCUT2D eigenvalue weighted by Crippen LogP contribution is 2.33. The molecule has 0 saturated heterocycles. The fourth-order valence-electron chi connectivity index (χ4n) is 4.38. The molecule has 0 saturated carbocycles. The summed E-state index contributed by atoms with van der Waals surface area (Å²) in [5.41, 5.74) is 7.60. The van der Waals surface area contributed by atoms with Crippen molar-refractivity contribution >= 4 is 44.0 Å². The largest absolute Gasteiger partial charge is 0.493 e. The second-order valence-corrected chi connectivity index (χ2v) is 11.4. The molecule has 0 aliphatic carbocycles. The number of hydrazone groups is 1. The Labute approximate surface area is 266 Å². The van der Waals surface area contributed by atoms with E-state index in [0.29, 0.717) is 35.2 Å². The Morgan fingerprint density at radius 2 is 1.60 bits per heavy atom. The van der Waals surface area contributed by atoms with Crippen molar-refractivity contribution in [3.63, 3.8) is 0 Å². The van der Waals surface area contributed by atoms with Crippen molar-refractivity contribution in [2.75, 3.05) is 7.11 Å². The van der Waals surface area contributed by atoms with Gasteiger partial charge in [-0.3, -0.25) is 4.79 Å². The summed E-state index contributed by atoms with van der Waals surface area (Å²) < 4.78 is 26.9. The maximum Gasteiger partial charge on any atom is 0.307 e. The lowest BCUT2D eigenvalue weighted by Crippen LogP contribution is -2.16. The second-order valence-electron chi connectivity index (χ2n) is 9.64. The molecule has 1 amide bonds. The summed E-state index contributed by atoms with van der Waals surface area (Å²) >= 11 is 6.97. The van der Waals surface area contributed by atoms with Gasteiger partial charge in [0.25, 0.3) is 0 Å². The van der Waals surface area contributed by atoms with Gasteiger partial charge in [0, 0.05) is 31.6 Å². The summed E-state index contributed by atoms with van der Waals surface area (Å²) in [7, 11) is 1.57. The summed E-state index contributed by atoms with van der Waals surface area (Å²) in [5, 5.41) is 4.08. The van der Waals surface area contributed by atoms with Gasteiger partial charge in [0.2, 0.25) is 0 Å². The highest BCUT2D eigenvalue weighted by molar-refractivity contribution is 9.10. The number of aryl methyl sites for hydroxylation is 2. The average molecular weight is 707 g/mol. The van der Waals surface area contributed by atoms with Crippen molar-refractivity contribution < 1.29 is 23.4 Å². The van der Waals surface area contributed by atoms with Crippen molar-refractivity contribution in [1.82, 2.24) is 9.99 Å². The molecule has 5 aromatic rings. The van der Waals surface area contributed by atoms with Crippen LogP contribution in [0.2, 0.25) is 0 Å². The standard InChI is InChI=1S/C33H29Br2N3O5/c1-21-4-5-22(2)38(21)26-10-12-27(13-11-26)41-20-28-14-15-30(43-28)33(39)37-36-18-24-16-31(40-3)32(17-29(24)35)42-19-23-6-8-25(34)9-7-23/h4-18H,19-20H2,1-3H3,(H,37,39)/b36-18+. The number of nitrogens with one attached hydrogen (secondary N) is 1. The maximum atomic E-state index is 12.6. The third kappa shape index (κ3) is 7.57. The highest BCUT2D eigenvalue weighted by atomic mass is 79.9. The van der Waals surface area contributed by atoms with E-state index in [9.17, 15) is 4.79 Å². The van der Waals surface area contributed by atoms with Crippen LogP contribution in [-0.4, -0.2) is 23.8 Å².